The number of carbonyl (C=O) groups is 1. The van der Waals surface area contributed by atoms with E-state index >= 15 is 0 Å². The van der Waals surface area contributed by atoms with Gasteiger partial charge in [-0.1, -0.05) is 26.0 Å². The molecule has 4 heterocycles. The van der Waals surface area contributed by atoms with E-state index in [9.17, 15) is 4.79 Å². The molecule has 7 nitrogen and oxygen atoms in total. The lowest BCUT2D eigenvalue weighted by Gasteiger charge is -2.37. The van der Waals surface area contributed by atoms with Crippen molar-refractivity contribution in [2.45, 2.75) is 45.4 Å². The molecule has 34 heavy (non-hydrogen) atoms. The highest BCUT2D eigenvalue weighted by Gasteiger charge is 2.29. The Morgan fingerprint density at radius 3 is 2.65 bits per heavy atom. The van der Waals surface area contributed by atoms with Gasteiger partial charge in [-0.3, -0.25) is 9.69 Å². The van der Waals surface area contributed by atoms with Crippen molar-refractivity contribution in [3.8, 4) is 0 Å². The van der Waals surface area contributed by atoms with Gasteiger partial charge in [0.25, 0.3) is 0 Å². The Kier molecular flexibility index (Phi) is 6.79. The van der Waals surface area contributed by atoms with Crippen LogP contribution >= 0.6 is 11.3 Å². The maximum atomic E-state index is 13.2. The van der Waals surface area contributed by atoms with Crippen LogP contribution in [0, 0.1) is 6.92 Å². The fourth-order valence-electron chi connectivity index (χ4n) is 4.89. The Labute approximate surface area is 205 Å². The maximum absolute atomic E-state index is 13.2. The summed E-state index contributed by atoms with van der Waals surface area (Å²) in [4.78, 5) is 34.1. The molecular weight excluding hydrogens is 444 g/mol. The second-order valence-corrected chi connectivity index (χ2v) is 10.9. The highest BCUT2D eigenvalue weighted by atomic mass is 32.1. The van der Waals surface area contributed by atoms with Crippen molar-refractivity contribution in [2.75, 3.05) is 50.7 Å². The van der Waals surface area contributed by atoms with E-state index in [1.165, 1.54) is 9.71 Å². The van der Waals surface area contributed by atoms with E-state index in [0.29, 0.717) is 18.4 Å². The van der Waals surface area contributed by atoms with Crippen LogP contribution in [0.2, 0.25) is 0 Å². The average Bonchev–Trinajstić information content (AvgIpc) is 3.29. The predicted molar refractivity (Wildman–Crippen MR) is 138 cm³/mol. The van der Waals surface area contributed by atoms with Crippen LogP contribution in [-0.4, -0.2) is 76.5 Å². The Bertz CT molecular complexity index is 1120. The zero-order chi connectivity index (χ0) is 23.7. The number of likely N-dealkylation sites (tertiary alicyclic amines) is 1. The molecule has 0 spiro atoms. The minimum Gasteiger partial charge on any atom is -0.354 e. The molecule has 1 amide bonds. The van der Waals surface area contributed by atoms with Gasteiger partial charge in [-0.15, -0.1) is 11.3 Å². The molecule has 0 N–H and O–H groups in total. The van der Waals surface area contributed by atoms with E-state index in [2.05, 4.69) is 57.8 Å². The molecule has 0 radical (unpaired) electrons. The number of thiazole rings is 1. The summed E-state index contributed by atoms with van der Waals surface area (Å²) in [6.45, 7) is 12.0. The smallest absolute Gasteiger partial charge is 0.236 e. The van der Waals surface area contributed by atoms with Crippen LogP contribution in [0.25, 0.3) is 10.2 Å². The second-order valence-electron chi connectivity index (χ2n) is 9.84. The first kappa shape index (κ1) is 23.2. The molecule has 2 aromatic heterocycles. The molecule has 3 aromatic rings. The molecule has 2 saturated heterocycles. The van der Waals surface area contributed by atoms with Gasteiger partial charge in [-0.2, -0.15) is 0 Å². The van der Waals surface area contributed by atoms with Gasteiger partial charge in [0.1, 0.15) is 11.6 Å². The molecule has 5 rings (SSSR count). The van der Waals surface area contributed by atoms with Crippen LogP contribution in [0.1, 0.15) is 55.1 Å². The highest BCUT2D eigenvalue weighted by molar-refractivity contribution is 7.18. The second kappa shape index (κ2) is 9.96. The van der Waals surface area contributed by atoms with Gasteiger partial charge in [0.15, 0.2) is 0 Å². The van der Waals surface area contributed by atoms with Crippen LogP contribution in [0.5, 0.6) is 0 Å². The molecule has 1 aromatic carbocycles. The fourth-order valence-corrected chi connectivity index (χ4v) is 5.98. The number of anilines is 1. The number of para-hydroxylation sites is 1. The Hall–Kier alpha value is -2.58. The number of rotatable bonds is 5. The number of aromatic nitrogens is 3. The molecule has 0 bridgehead atoms. The zero-order valence-electron chi connectivity index (χ0n) is 20.4. The van der Waals surface area contributed by atoms with Gasteiger partial charge >= 0.3 is 0 Å². The third-order valence-electron chi connectivity index (χ3n) is 6.86. The zero-order valence-corrected chi connectivity index (χ0v) is 21.2. The van der Waals surface area contributed by atoms with Crippen LogP contribution in [0.3, 0.4) is 0 Å². The van der Waals surface area contributed by atoms with Crippen molar-refractivity contribution in [3.05, 3.63) is 46.9 Å². The Morgan fingerprint density at radius 2 is 1.88 bits per heavy atom. The van der Waals surface area contributed by atoms with Gasteiger partial charge in [0.2, 0.25) is 5.91 Å². The van der Waals surface area contributed by atoms with E-state index < -0.39 is 0 Å². The van der Waals surface area contributed by atoms with Crippen molar-refractivity contribution in [3.63, 3.8) is 0 Å². The van der Waals surface area contributed by atoms with E-state index in [0.717, 1.165) is 75.0 Å². The molecular formula is C26H34N6OS. The minimum atomic E-state index is 0.249. The Balaban J connectivity index is 1.16. The first-order chi connectivity index (χ1) is 16.5. The first-order valence-corrected chi connectivity index (χ1v) is 13.2. The van der Waals surface area contributed by atoms with Gasteiger partial charge in [0.05, 0.1) is 21.8 Å². The fraction of sp³-hybridized carbons (Fsp3) is 0.538. The number of piperazine rings is 1. The molecule has 1 unspecified atom stereocenters. The minimum absolute atomic E-state index is 0.249. The van der Waals surface area contributed by atoms with Crippen molar-refractivity contribution in [2.24, 2.45) is 0 Å². The van der Waals surface area contributed by atoms with Gasteiger partial charge in [-0.05, 0) is 31.9 Å². The quantitative estimate of drug-likeness (QED) is 0.551. The lowest BCUT2D eigenvalue weighted by molar-refractivity contribution is -0.133. The number of amides is 1. The summed E-state index contributed by atoms with van der Waals surface area (Å²) >= 11 is 1.78. The standard InChI is InChI=1S/C26H34N6OS/c1-18(2)25-27-19(3)15-23(29-25)31-13-11-30(12-14-31)17-24(33)32-10-6-7-20(16-32)26-28-21-8-4-5-9-22(21)34-26/h4-5,8-9,15,18,20H,6-7,10-14,16-17H2,1-3H3. The lowest BCUT2D eigenvalue weighted by Crippen LogP contribution is -2.51. The number of hydrogen-bond donors (Lipinski definition) is 0. The molecule has 180 valence electrons. The summed E-state index contributed by atoms with van der Waals surface area (Å²) in [6, 6.07) is 10.4. The lowest BCUT2D eigenvalue weighted by atomic mass is 9.98. The summed E-state index contributed by atoms with van der Waals surface area (Å²) in [7, 11) is 0. The first-order valence-electron chi connectivity index (χ1n) is 12.4. The van der Waals surface area contributed by atoms with Gasteiger partial charge in [-0.25, -0.2) is 15.0 Å². The molecule has 0 saturated carbocycles. The maximum Gasteiger partial charge on any atom is 0.236 e. The summed E-state index contributed by atoms with van der Waals surface area (Å²) in [6.07, 6.45) is 2.16. The summed E-state index contributed by atoms with van der Waals surface area (Å²) in [5, 5.41) is 1.17. The summed E-state index contributed by atoms with van der Waals surface area (Å²) in [5.74, 6) is 2.83. The normalized spacial score (nSPS) is 19.8. The van der Waals surface area contributed by atoms with Crippen LogP contribution < -0.4 is 4.90 Å². The number of piperidine rings is 1. The van der Waals surface area contributed by atoms with E-state index in [1.807, 2.05) is 13.0 Å². The van der Waals surface area contributed by atoms with Crippen LogP contribution in [-0.2, 0) is 4.79 Å². The van der Waals surface area contributed by atoms with E-state index in [4.69, 9.17) is 9.97 Å². The SMILES string of the molecule is Cc1cc(N2CCN(CC(=O)N3CCCC(c4nc5ccccc5s4)C3)CC2)nc(C(C)C)n1. The number of carbonyl (C=O) groups excluding carboxylic acids is 1. The number of nitrogens with zero attached hydrogens (tertiary/aromatic N) is 6. The van der Waals surface area contributed by atoms with E-state index in [1.54, 1.807) is 11.3 Å². The van der Waals surface area contributed by atoms with E-state index in [-0.39, 0.29) is 5.91 Å². The Morgan fingerprint density at radius 1 is 1.09 bits per heavy atom. The van der Waals surface area contributed by atoms with Crippen molar-refractivity contribution in [1.29, 1.82) is 0 Å². The highest BCUT2D eigenvalue weighted by Crippen LogP contribution is 2.33. The van der Waals surface area contributed by atoms with Crippen molar-refractivity contribution in [1.82, 2.24) is 24.8 Å². The van der Waals surface area contributed by atoms with Crippen LogP contribution in [0.4, 0.5) is 5.82 Å². The topological polar surface area (TPSA) is 65.5 Å². The number of aryl methyl sites for hydroxylation is 1. The third kappa shape index (κ3) is 5.08. The molecule has 8 heteroatoms. The average molecular weight is 479 g/mol. The summed E-state index contributed by atoms with van der Waals surface area (Å²) < 4.78 is 1.23. The van der Waals surface area contributed by atoms with Crippen LogP contribution in [0.15, 0.2) is 30.3 Å². The van der Waals surface area contributed by atoms with Crippen molar-refractivity contribution >= 4 is 33.3 Å². The van der Waals surface area contributed by atoms with Crippen molar-refractivity contribution < 1.29 is 4.79 Å². The van der Waals surface area contributed by atoms with Gasteiger partial charge < -0.3 is 9.80 Å². The predicted octanol–water partition coefficient (Wildman–Crippen LogP) is 4.05. The molecule has 2 aliphatic heterocycles. The molecule has 0 aliphatic carbocycles. The molecule has 2 aliphatic rings. The molecule has 2 fully saturated rings. The summed E-state index contributed by atoms with van der Waals surface area (Å²) in [5.41, 5.74) is 2.09. The monoisotopic (exact) mass is 478 g/mol. The van der Waals surface area contributed by atoms with Gasteiger partial charge in [0, 0.05) is 62.9 Å². The number of hydrogen-bond acceptors (Lipinski definition) is 7. The molecule has 1 atom stereocenters. The number of benzene rings is 1. The largest absolute Gasteiger partial charge is 0.354 e. The third-order valence-corrected chi connectivity index (χ3v) is 8.06. The number of fused-ring (bicyclic) bond motifs is 1.